The third kappa shape index (κ3) is 5.02. The Hall–Kier alpha value is -1.55. The van der Waals surface area contributed by atoms with Crippen molar-refractivity contribution in [3.8, 4) is 5.75 Å². The van der Waals surface area contributed by atoms with Crippen molar-refractivity contribution in [3.05, 3.63) is 64.7 Å². The average Bonchev–Trinajstić information content (AvgIpc) is 2.53. The highest BCUT2D eigenvalue weighted by molar-refractivity contribution is 6.31. The van der Waals surface area contributed by atoms with Crippen LogP contribution in [-0.2, 0) is 18.0 Å². The van der Waals surface area contributed by atoms with E-state index in [0.29, 0.717) is 18.2 Å². The SMILES string of the molecule is CC(C)(COc1cccc(CO)c1)OCc1ccccc1Cl. The molecule has 2 rings (SSSR count). The van der Waals surface area contributed by atoms with Crippen LogP contribution in [0.5, 0.6) is 5.75 Å². The first-order valence-electron chi connectivity index (χ1n) is 7.20. The lowest BCUT2D eigenvalue weighted by Crippen LogP contribution is -2.32. The van der Waals surface area contributed by atoms with E-state index in [2.05, 4.69) is 0 Å². The summed E-state index contributed by atoms with van der Waals surface area (Å²) >= 11 is 6.12. The molecule has 0 amide bonds. The Morgan fingerprint density at radius 3 is 2.59 bits per heavy atom. The maximum Gasteiger partial charge on any atom is 0.119 e. The van der Waals surface area contributed by atoms with Crippen molar-refractivity contribution in [2.45, 2.75) is 32.7 Å². The molecule has 0 saturated heterocycles. The molecule has 0 saturated carbocycles. The first-order chi connectivity index (χ1) is 10.5. The van der Waals surface area contributed by atoms with Crippen molar-refractivity contribution in [1.29, 1.82) is 0 Å². The molecular weight excluding hydrogens is 300 g/mol. The van der Waals surface area contributed by atoms with E-state index in [1.54, 1.807) is 0 Å². The van der Waals surface area contributed by atoms with Crippen molar-refractivity contribution in [1.82, 2.24) is 0 Å². The van der Waals surface area contributed by atoms with Gasteiger partial charge in [-0.2, -0.15) is 0 Å². The molecule has 3 nitrogen and oxygen atoms in total. The lowest BCUT2D eigenvalue weighted by atomic mass is 10.1. The Bertz CT molecular complexity index is 611. The number of aliphatic hydroxyl groups is 1. The van der Waals surface area contributed by atoms with E-state index in [1.807, 2.05) is 62.4 Å². The molecule has 22 heavy (non-hydrogen) atoms. The summed E-state index contributed by atoms with van der Waals surface area (Å²) in [5.74, 6) is 0.723. The van der Waals surface area contributed by atoms with Gasteiger partial charge in [-0.1, -0.05) is 41.9 Å². The van der Waals surface area contributed by atoms with Crippen LogP contribution in [-0.4, -0.2) is 17.3 Å². The van der Waals surface area contributed by atoms with Crippen molar-refractivity contribution >= 4 is 11.6 Å². The highest BCUT2D eigenvalue weighted by atomic mass is 35.5. The van der Waals surface area contributed by atoms with Crippen LogP contribution in [0.25, 0.3) is 0 Å². The summed E-state index contributed by atoms with van der Waals surface area (Å²) < 4.78 is 11.7. The predicted molar refractivity (Wildman–Crippen MR) is 88.2 cm³/mol. The minimum absolute atomic E-state index is 0.00357. The monoisotopic (exact) mass is 320 g/mol. The van der Waals surface area contributed by atoms with Gasteiger partial charge in [-0.05, 0) is 43.2 Å². The van der Waals surface area contributed by atoms with E-state index in [-0.39, 0.29) is 6.61 Å². The molecule has 0 heterocycles. The Balaban J connectivity index is 1.89. The van der Waals surface area contributed by atoms with E-state index >= 15 is 0 Å². The topological polar surface area (TPSA) is 38.7 Å². The fourth-order valence-corrected chi connectivity index (χ4v) is 2.11. The van der Waals surface area contributed by atoms with E-state index < -0.39 is 5.60 Å². The molecule has 0 radical (unpaired) electrons. The molecule has 0 aliphatic rings. The number of halogens is 1. The minimum atomic E-state index is -0.450. The molecule has 0 spiro atoms. The number of ether oxygens (including phenoxy) is 2. The maximum absolute atomic E-state index is 9.13. The summed E-state index contributed by atoms with van der Waals surface area (Å²) in [5.41, 5.74) is 1.33. The zero-order valence-electron chi connectivity index (χ0n) is 12.9. The van der Waals surface area contributed by atoms with Crippen LogP contribution in [0.2, 0.25) is 5.02 Å². The van der Waals surface area contributed by atoms with Gasteiger partial charge in [-0.25, -0.2) is 0 Å². The lowest BCUT2D eigenvalue weighted by molar-refractivity contribution is -0.0569. The second kappa shape index (κ2) is 7.63. The number of benzene rings is 2. The van der Waals surface area contributed by atoms with Gasteiger partial charge >= 0.3 is 0 Å². The first-order valence-corrected chi connectivity index (χ1v) is 7.58. The van der Waals surface area contributed by atoms with Crippen molar-refractivity contribution in [3.63, 3.8) is 0 Å². The molecule has 0 atom stereocenters. The molecule has 0 unspecified atom stereocenters. The fraction of sp³-hybridized carbons (Fsp3) is 0.333. The standard InChI is InChI=1S/C18H21ClO3/c1-18(2,22-12-15-7-3-4-9-17(15)19)13-21-16-8-5-6-14(10-16)11-20/h3-10,20H,11-13H2,1-2H3. The van der Waals surface area contributed by atoms with Gasteiger partial charge in [-0.3, -0.25) is 0 Å². The normalized spacial score (nSPS) is 11.5. The summed E-state index contributed by atoms with van der Waals surface area (Å²) in [6, 6.07) is 15.0. The molecule has 4 heteroatoms. The van der Waals surface area contributed by atoms with Gasteiger partial charge in [0, 0.05) is 5.02 Å². The maximum atomic E-state index is 9.13. The number of rotatable bonds is 7. The fourth-order valence-electron chi connectivity index (χ4n) is 1.92. The molecule has 2 aromatic carbocycles. The van der Waals surface area contributed by atoms with Crippen LogP contribution in [0.15, 0.2) is 48.5 Å². The number of hydrogen-bond donors (Lipinski definition) is 1. The van der Waals surface area contributed by atoms with Crippen LogP contribution in [0, 0.1) is 0 Å². The van der Waals surface area contributed by atoms with Gasteiger partial charge in [0.05, 0.1) is 18.8 Å². The van der Waals surface area contributed by atoms with Gasteiger partial charge in [0.25, 0.3) is 0 Å². The predicted octanol–water partition coefficient (Wildman–Crippen LogP) is 4.21. The van der Waals surface area contributed by atoms with Crippen LogP contribution in [0.1, 0.15) is 25.0 Å². The van der Waals surface area contributed by atoms with Crippen LogP contribution < -0.4 is 4.74 Å². The van der Waals surface area contributed by atoms with Gasteiger partial charge < -0.3 is 14.6 Å². The van der Waals surface area contributed by atoms with Gasteiger partial charge in [0.1, 0.15) is 12.4 Å². The average molecular weight is 321 g/mol. The van der Waals surface area contributed by atoms with Crippen LogP contribution >= 0.6 is 11.6 Å². The van der Waals surface area contributed by atoms with Crippen molar-refractivity contribution < 1.29 is 14.6 Å². The van der Waals surface area contributed by atoms with Gasteiger partial charge in [0.15, 0.2) is 0 Å². The first kappa shape index (κ1) is 16.8. The second-order valence-electron chi connectivity index (χ2n) is 5.73. The Morgan fingerprint density at radius 1 is 1.09 bits per heavy atom. The Morgan fingerprint density at radius 2 is 1.86 bits per heavy atom. The molecule has 0 fully saturated rings. The second-order valence-corrected chi connectivity index (χ2v) is 6.14. The minimum Gasteiger partial charge on any atom is -0.491 e. The molecule has 0 aliphatic carbocycles. The zero-order chi connectivity index (χ0) is 16.0. The molecule has 1 N–H and O–H groups in total. The zero-order valence-corrected chi connectivity index (χ0v) is 13.6. The Labute approximate surface area is 136 Å². The molecular formula is C18H21ClO3. The van der Waals surface area contributed by atoms with Gasteiger partial charge in [-0.15, -0.1) is 0 Å². The van der Waals surface area contributed by atoms with Crippen molar-refractivity contribution in [2.75, 3.05) is 6.61 Å². The highest BCUT2D eigenvalue weighted by Crippen LogP contribution is 2.21. The van der Waals surface area contributed by atoms with Gasteiger partial charge in [0.2, 0.25) is 0 Å². The largest absolute Gasteiger partial charge is 0.491 e. The molecule has 0 aliphatic heterocycles. The molecule has 118 valence electrons. The summed E-state index contributed by atoms with van der Waals surface area (Å²) in [6.07, 6.45) is 0. The smallest absolute Gasteiger partial charge is 0.119 e. The third-order valence-electron chi connectivity index (χ3n) is 3.24. The summed E-state index contributed by atoms with van der Waals surface area (Å²) in [4.78, 5) is 0. The summed E-state index contributed by atoms with van der Waals surface area (Å²) in [5, 5.41) is 9.84. The Kier molecular flexibility index (Phi) is 5.83. The highest BCUT2D eigenvalue weighted by Gasteiger charge is 2.20. The molecule has 0 aromatic heterocycles. The van der Waals surface area contributed by atoms with E-state index in [1.165, 1.54) is 0 Å². The van der Waals surface area contributed by atoms with E-state index in [0.717, 1.165) is 16.9 Å². The van der Waals surface area contributed by atoms with E-state index in [9.17, 15) is 0 Å². The van der Waals surface area contributed by atoms with E-state index in [4.69, 9.17) is 26.2 Å². The summed E-state index contributed by atoms with van der Waals surface area (Å²) in [6.45, 7) is 4.79. The molecule has 0 bridgehead atoms. The van der Waals surface area contributed by atoms with Crippen LogP contribution in [0.3, 0.4) is 0 Å². The number of aliphatic hydroxyl groups excluding tert-OH is 1. The van der Waals surface area contributed by atoms with Crippen molar-refractivity contribution in [2.24, 2.45) is 0 Å². The van der Waals surface area contributed by atoms with Crippen LogP contribution in [0.4, 0.5) is 0 Å². The number of hydrogen-bond acceptors (Lipinski definition) is 3. The molecule has 2 aromatic rings. The summed E-state index contributed by atoms with van der Waals surface area (Å²) in [7, 11) is 0. The third-order valence-corrected chi connectivity index (χ3v) is 3.61. The quantitative estimate of drug-likeness (QED) is 0.830. The lowest BCUT2D eigenvalue weighted by Gasteiger charge is -2.26.